The molecule has 1 spiro atoms. The smallest absolute Gasteiger partial charge is 0.231 e. The van der Waals surface area contributed by atoms with Crippen molar-refractivity contribution in [3.8, 4) is 0 Å². The summed E-state index contributed by atoms with van der Waals surface area (Å²) in [5, 5.41) is 3.09. The van der Waals surface area contributed by atoms with E-state index in [1.807, 2.05) is 18.2 Å². The van der Waals surface area contributed by atoms with E-state index in [1.165, 1.54) is 19.3 Å². The molecule has 1 aliphatic heterocycles. The molecule has 96 valence electrons. The molecule has 0 unspecified atom stereocenters. The minimum absolute atomic E-state index is 0.156. The Balaban J connectivity index is 1.92. The molecule has 1 saturated carbocycles. The zero-order valence-corrected chi connectivity index (χ0v) is 11.2. The first-order valence-corrected chi connectivity index (χ1v) is 7.52. The van der Waals surface area contributed by atoms with E-state index in [-0.39, 0.29) is 11.3 Å². The number of fused-ring (bicyclic) bond motifs is 1. The monoisotopic (exact) mass is 262 g/mol. The number of amides is 1. The molecule has 0 aromatic heterocycles. The first-order valence-electron chi connectivity index (χ1n) is 6.53. The van der Waals surface area contributed by atoms with Crippen molar-refractivity contribution in [3.63, 3.8) is 0 Å². The molecular formula is C14H18N2OS. The molecule has 1 amide bonds. The molecule has 18 heavy (non-hydrogen) atoms. The molecule has 4 heteroatoms. The number of hydrogen-bond acceptors (Lipinski definition) is 3. The lowest BCUT2D eigenvalue weighted by molar-refractivity contribution is -0.126. The zero-order valence-electron chi connectivity index (χ0n) is 10.4. The van der Waals surface area contributed by atoms with Crippen molar-refractivity contribution < 1.29 is 4.79 Å². The van der Waals surface area contributed by atoms with Gasteiger partial charge in [0.05, 0.1) is 11.1 Å². The standard InChI is InChI=1S/C14H18N2OS/c15-10-4-5-11-12(8-10)18-9-14(13(17)16-11)6-2-1-3-7-14/h4-5,8H,1-3,6-7,9,15H2,(H,16,17). The summed E-state index contributed by atoms with van der Waals surface area (Å²) in [5.41, 5.74) is 7.33. The fourth-order valence-electron chi connectivity index (χ4n) is 2.90. The minimum atomic E-state index is -0.156. The van der Waals surface area contributed by atoms with Gasteiger partial charge in [-0.15, -0.1) is 11.8 Å². The van der Waals surface area contributed by atoms with Crippen LogP contribution < -0.4 is 11.1 Å². The molecule has 1 aromatic rings. The Hall–Kier alpha value is -1.16. The van der Waals surface area contributed by atoms with Gasteiger partial charge < -0.3 is 11.1 Å². The van der Waals surface area contributed by atoms with Crippen LogP contribution in [0.1, 0.15) is 32.1 Å². The lowest BCUT2D eigenvalue weighted by Gasteiger charge is -2.33. The van der Waals surface area contributed by atoms with Gasteiger partial charge in [-0.1, -0.05) is 19.3 Å². The molecule has 1 fully saturated rings. The van der Waals surface area contributed by atoms with Gasteiger partial charge in [0, 0.05) is 16.3 Å². The van der Waals surface area contributed by atoms with E-state index >= 15 is 0 Å². The minimum Gasteiger partial charge on any atom is -0.399 e. The summed E-state index contributed by atoms with van der Waals surface area (Å²) in [4.78, 5) is 13.6. The second-order valence-corrected chi connectivity index (χ2v) is 6.36. The second kappa shape index (κ2) is 4.50. The summed E-state index contributed by atoms with van der Waals surface area (Å²) in [6.45, 7) is 0. The molecule has 0 bridgehead atoms. The van der Waals surface area contributed by atoms with Gasteiger partial charge in [-0.05, 0) is 31.0 Å². The van der Waals surface area contributed by atoms with E-state index in [2.05, 4.69) is 5.32 Å². The molecule has 0 saturated heterocycles. The van der Waals surface area contributed by atoms with E-state index in [1.54, 1.807) is 11.8 Å². The molecule has 2 aliphatic rings. The van der Waals surface area contributed by atoms with Gasteiger partial charge in [0.1, 0.15) is 0 Å². The van der Waals surface area contributed by atoms with Gasteiger partial charge in [-0.2, -0.15) is 0 Å². The Morgan fingerprint density at radius 1 is 1.22 bits per heavy atom. The maximum atomic E-state index is 12.5. The van der Waals surface area contributed by atoms with Crippen LogP contribution in [-0.4, -0.2) is 11.7 Å². The Morgan fingerprint density at radius 3 is 2.78 bits per heavy atom. The fourth-order valence-corrected chi connectivity index (χ4v) is 4.24. The summed E-state index contributed by atoms with van der Waals surface area (Å²) in [6, 6.07) is 5.72. The number of nitrogens with two attached hydrogens (primary N) is 1. The number of rotatable bonds is 0. The topological polar surface area (TPSA) is 55.1 Å². The third-order valence-corrected chi connectivity index (χ3v) is 5.40. The van der Waals surface area contributed by atoms with Crippen molar-refractivity contribution in [2.75, 3.05) is 16.8 Å². The predicted molar refractivity (Wildman–Crippen MR) is 75.7 cm³/mol. The lowest BCUT2D eigenvalue weighted by Crippen LogP contribution is -2.39. The lowest BCUT2D eigenvalue weighted by atomic mass is 9.75. The fraction of sp³-hybridized carbons (Fsp3) is 0.500. The molecule has 1 heterocycles. The quantitative estimate of drug-likeness (QED) is 0.706. The average molecular weight is 262 g/mol. The van der Waals surface area contributed by atoms with Crippen LogP contribution in [0.2, 0.25) is 0 Å². The Bertz CT molecular complexity index is 481. The summed E-state index contributed by atoms with van der Waals surface area (Å²) >= 11 is 1.77. The normalized spacial score (nSPS) is 22.1. The number of carbonyl (C=O) groups excluding carboxylic acids is 1. The van der Waals surface area contributed by atoms with Crippen LogP contribution in [0.25, 0.3) is 0 Å². The highest BCUT2D eigenvalue weighted by atomic mass is 32.2. The highest BCUT2D eigenvalue weighted by molar-refractivity contribution is 7.99. The highest BCUT2D eigenvalue weighted by Crippen LogP contribution is 2.45. The van der Waals surface area contributed by atoms with Crippen LogP contribution in [0.15, 0.2) is 23.1 Å². The SMILES string of the molecule is Nc1ccc2c(c1)SCC1(CCCCC1)C(=O)N2. The summed E-state index contributed by atoms with van der Waals surface area (Å²) < 4.78 is 0. The number of thioether (sulfide) groups is 1. The van der Waals surface area contributed by atoms with E-state index in [4.69, 9.17) is 5.73 Å². The summed E-state index contributed by atoms with van der Waals surface area (Å²) in [7, 11) is 0. The number of benzene rings is 1. The van der Waals surface area contributed by atoms with Crippen LogP contribution in [0.4, 0.5) is 11.4 Å². The predicted octanol–water partition coefficient (Wildman–Crippen LogP) is 3.26. The molecule has 1 aromatic carbocycles. The molecule has 0 atom stereocenters. The van der Waals surface area contributed by atoms with Crippen molar-refractivity contribution in [1.82, 2.24) is 0 Å². The highest BCUT2D eigenvalue weighted by Gasteiger charge is 2.41. The molecule has 3 nitrogen and oxygen atoms in total. The Kier molecular flexibility index (Phi) is 2.98. The Labute approximate surface area is 112 Å². The first kappa shape index (κ1) is 11.9. The van der Waals surface area contributed by atoms with Gasteiger partial charge in [0.25, 0.3) is 0 Å². The van der Waals surface area contributed by atoms with Crippen molar-refractivity contribution in [2.45, 2.75) is 37.0 Å². The van der Waals surface area contributed by atoms with Gasteiger partial charge in [0.15, 0.2) is 0 Å². The van der Waals surface area contributed by atoms with Crippen LogP contribution in [-0.2, 0) is 4.79 Å². The number of nitrogen functional groups attached to an aromatic ring is 1. The third kappa shape index (κ3) is 1.99. The average Bonchev–Trinajstić information content (AvgIpc) is 2.51. The van der Waals surface area contributed by atoms with Crippen LogP contribution in [0.3, 0.4) is 0 Å². The molecule has 3 rings (SSSR count). The molecule has 0 radical (unpaired) electrons. The van der Waals surface area contributed by atoms with Gasteiger partial charge >= 0.3 is 0 Å². The Morgan fingerprint density at radius 2 is 2.00 bits per heavy atom. The number of carbonyl (C=O) groups is 1. The maximum absolute atomic E-state index is 12.5. The summed E-state index contributed by atoms with van der Waals surface area (Å²) in [5.74, 6) is 1.09. The number of anilines is 2. The first-order chi connectivity index (χ1) is 8.70. The number of hydrogen-bond donors (Lipinski definition) is 2. The van der Waals surface area contributed by atoms with Gasteiger partial charge in [-0.3, -0.25) is 4.79 Å². The second-order valence-electron chi connectivity index (χ2n) is 5.34. The van der Waals surface area contributed by atoms with E-state index in [0.717, 1.165) is 34.9 Å². The summed E-state index contributed by atoms with van der Waals surface area (Å²) in [6.07, 6.45) is 5.66. The van der Waals surface area contributed by atoms with Crippen LogP contribution >= 0.6 is 11.8 Å². The zero-order chi connectivity index (χ0) is 12.6. The van der Waals surface area contributed by atoms with Crippen molar-refractivity contribution in [1.29, 1.82) is 0 Å². The molecular weight excluding hydrogens is 244 g/mol. The molecule has 3 N–H and O–H groups in total. The van der Waals surface area contributed by atoms with Gasteiger partial charge in [-0.25, -0.2) is 0 Å². The van der Waals surface area contributed by atoms with E-state index in [0.29, 0.717) is 0 Å². The van der Waals surface area contributed by atoms with Crippen LogP contribution in [0, 0.1) is 5.41 Å². The van der Waals surface area contributed by atoms with Crippen molar-refractivity contribution in [2.24, 2.45) is 5.41 Å². The van der Waals surface area contributed by atoms with E-state index < -0.39 is 0 Å². The van der Waals surface area contributed by atoms with Gasteiger partial charge in [0.2, 0.25) is 5.91 Å². The van der Waals surface area contributed by atoms with E-state index in [9.17, 15) is 4.79 Å². The largest absolute Gasteiger partial charge is 0.399 e. The number of nitrogens with one attached hydrogen (secondary N) is 1. The molecule has 1 aliphatic carbocycles. The van der Waals surface area contributed by atoms with Crippen molar-refractivity contribution in [3.05, 3.63) is 18.2 Å². The maximum Gasteiger partial charge on any atom is 0.231 e. The third-order valence-electron chi connectivity index (χ3n) is 4.05. The van der Waals surface area contributed by atoms with Crippen LogP contribution in [0.5, 0.6) is 0 Å². The van der Waals surface area contributed by atoms with Crippen molar-refractivity contribution >= 4 is 29.0 Å².